The molecule has 0 bridgehead atoms. The normalized spacial score (nSPS) is 16.8. The smallest absolute Gasteiger partial charge is 0.411 e. The Bertz CT molecular complexity index is 1180. The van der Waals surface area contributed by atoms with Crippen LogP contribution in [0, 0.1) is 5.92 Å². The first kappa shape index (κ1) is 33.5. The zero-order valence-electron chi connectivity index (χ0n) is 26.6. The third kappa shape index (κ3) is 10.1. The van der Waals surface area contributed by atoms with E-state index in [-0.39, 0.29) is 23.8 Å². The van der Waals surface area contributed by atoms with Crippen molar-refractivity contribution in [2.24, 2.45) is 5.92 Å². The first-order valence-electron chi connectivity index (χ1n) is 16.7. The lowest BCUT2D eigenvalue weighted by Gasteiger charge is -2.40. The second-order valence-corrected chi connectivity index (χ2v) is 12.0. The van der Waals surface area contributed by atoms with Crippen LogP contribution in [0.1, 0.15) is 71.6 Å². The quantitative estimate of drug-likeness (QED) is 0.259. The summed E-state index contributed by atoms with van der Waals surface area (Å²) in [6.07, 6.45) is 7.07. The molecule has 240 valence electrons. The SMILES string of the molecule is CCCCCN(C(=O)CCN1CCC(OC(=O)Nc2ccccc2-c2ccccc2)CC1)N1CCC(C(=O)NCCC)CC1. The fraction of sp³-hybridized carbons (Fsp3) is 0.571. The maximum atomic E-state index is 13.5. The molecule has 2 saturated heterocycles. The number of hydrogen-bond acceptors (Lipinski definition) is 6. The van der Waals surface area contributed by atoms with Crippen molar-refractivity contribution in [3.05, 3.63) is 54.6 Å². The summed E-state index contributed by atoms with van der Waals surface area (Å²) >= 11 is 0. The van der Waals surface area contributed by atoms with Crippen LogP contribution in [0.4, 0.5) is 10.5 Å². The molecule has 44 heavy (non-hydrogen) atoms. The lowest BCUT2D eigenvalue weighted by atomic mass is 9.96. The summed E-state index contributed by atoms with van der Waals surface area (Å²) in [5.41, 5.74) is 2.72. The predicted octanol–water partition coefficient (Wildman–Crippen LogP) is 5.93. The van der Waals surface area contributed by atoms with Gasteiger partial charge >= 0.3 is 6.09 Å². The number of para-hydroxylation sites is 1. The summed E-state index contributed by atoms with van der Waals surface area (Å²) in [5.74, 6) is 0.344. The monoisotopic (exact) mass is 605 g/mol. The van der Waals surface area contributed by atoms with Gasteiger partial charge < -0.3 is 15.0 Å². The maximum Gasteiger partial charge on any atom is 0.411 e. The molecule has 2 aromatic carbocycles. The highest BCUT2D eigenvalue weighted by Gasteiger charge is 2.30. The lowest BCUT2D eigenvalue weighted by Crippen LogP contribution is -2.52. The Morgan fingerprint density at radius 3 is 2.27 bits per heavy atom. The van der Waals surface area contributed by atoms with Crippen molar-refractivity contribution in [2.75, 3.05) is 51.1 Å². The predicted molar refractivity (Wildman–Crippen MR) is 175 cm³/mol. The number of unbranched alkanes of at least 4 members (excludes halogenated alkanes) is 2. The fourth-order valence-electron chi connectivity index (χ4n) is 6.08. The van der Waals surface area contributed by atoms with Gasteiger partial charge in [-0.25, -0.2) is 9.80 Å². The third-order valence-electron chi connectivity index (χ3n) is 8.69. The van der Waals surface area contributed by atoms with Crippen molar-refractivity contribution < 1.29 is 19.1 Å². The highest BCUT2D eigenvalue weighted by molar-refractivity contribution is 5.91. The summed E-state index contributed by atoms with van der Waals surface area (Å²) in [7, 11) is 0. The van der Waals surface area contributed by atoms with Crippen molar-refractivity contribution in [3.8, 4) is 11.1 Å². The van der Waals surface area contributed by atoms with Crippen molar-refractivity contribution in [3.63, 3.8) is 0 Å². The number of likely N-dealkylation sites (tertiary alicyclic amines) is 1. The molecule has 2 N–H and O–H groups in total. The molecule has 2 aromatic rings. The highest BCUT2D eigenvalue weighted by atomic mass is 16.6. The van der Waals surface area contributed by atoms with E-state index in [1.54, 1.807) is 0 Å². The average molecular weight is 606 g/mol. The van der Waals surface area contributed by atoms with Crippen LogP contribution in [0.25, 0.3) is 11.1 Å². The Labute approximate surface area is 263 Å². The summed E-state index contributed by atoms with van der Waals surface area (Å²) in [5, 5.41) is 10.1. The van der Waals surface area contributed by atoms with Crippen LogP contribution in [0.2, 0.25) is 0 Å². The molecular formula is C35H51N5O4. The molecule has 2 aliphatic heterocycles. The Kier molecular flexibility index (Phi) is 13.5. The van der Waals surface area contributed by atoms with Crippen molar-refractivity contribution >= 4 is 23.6 Å². The van der Waals surface area contributed by atoms with Gasteiger partial charge in [0.25, 0.3) is 0 Å². The molecule has 0 unspecified atom stereocenters. The van der Waals surface area contributed by atoms with Crippen LogP contribution < -0.4 is 10.6 Å². The highest BCUT2D eigenvalue weighted by Crippen LogP contribution is 2.28. The van der Waals surface area contributed by atoms with E-state index in [0.29, 0.717) is 13.0 Å². The van der Waals surface area contributed by atoms with Crippen LogP contribution in [-0.2, 0) is 14.3 Å². The van der Waals surface area contributed by atoms with E-state index in [4.69, 9.17) is 4.74 Å². The van der Waals surface area contributed by atoms with Crippen LogP contribution in [-0.4, -0.2) is 84.7 Å². The first-order chi connectivity index (χ1) is 21.5. The van der Waals surface area contributed by atoms with Gasteiger partial charge in [0.1, 0.15) is 6.10 Å². The standard InChI is InChI=1S/C35H51N5O4/c1-3-5-11-22-40(39-26-16-29(17-27-39)34(42)36-21-4-2)33(41)20-25-38-23-18-30(19-24-38)44-35(43)37-32-15-10-9-14-31(32)28-12-7-6-8-13-28/h6-10,12-15,29-30H,3-5,11,16-27H2,1-2H3,(H,36,42)(H,37,43). The second-order valence-electron chi connectivity index (χ2n) is 12.0. The number of nitrogens with one attached hydrogen (secondary N) is 2. The molecule has 0 aliphatic carbocycles. The Morgan fingerprint density at radius 2 is 1.57 bits per heavy atom. The van der Waals surface area contributed by atoms with Gasteiger partial charge in [-0.2, -0.15) is 0 Å². The maximum absolute atomic E-state index is 13.5. The van der Waals surface area contributed by atoms with Gasteiger partial charge in [0, 0.05) is 63.7 Å². The molecule has 0 radical (unpaired) electrons. The number of piperidine rings is 2. The van der Waals surface area contributed by atoms with Crippen LogP contribution in [0.15, 0.2) is 54.6 Å². The zero-order chi connectivity index (χ0) is 31.1. The lowest BCUT2D eigenvalue weighted by molar-refractivity contribution is -0.153. The number of hydrogen-bond donors (Lipinski definition) is 2. The molecule has 2 heterocycles. The summed E-state index contributed by atoms with van der Waals surface area (Å²) in [6.45, 7) is 9.45. The number of anilines is 1. The van der Waals surface area contributed by atoms with Gasteiger partial charge in [0.2, 0.25) is 11.8 Å². The van der Waals surface area contributed by atoms with Gasteiger partial charge in [-0.3, -0.25) is 19.9 Å². The molecule has 9 heteroatoms. The minimum Gasteiger partial charge on any atom is -0.446 e. The van der Waals surface area contributed by atoms with E-state index in [1.165, 1.54) is 0 Å². The van der Waals surface area contributed by atoms with Gasteiger partial charge in [-0.1, -0.05) is 75.2 Å². The van der Waals surface area contributed by atoms with E-state index in [0.717, 1.165) is 107 Å². The van der Waals surface area contributed by atoms with Crippen molar-refractivity contribution in [2.45, 2.75) is 77.7 Å². The Morgan fingerprint density at radius 1 is 0.864 bits per heavy atom. The van der Waals surface area contributed by atoms with Crippen molar-refractivity contribution in [1.82, 2.24) is 20.2 Å². The van der Waals surface area contributed by atoms with Gasteiger partial charge in [-0.05, 0) is 50.2 Å². The molecule has 9 nitrogen and oxygen atoms in total. The fourth-order valence-corrected chi connectivity index (χ4v) is 6.08. The second kappa shape index (κ2) is 17.8. The van der Waals surface area contributed by atoms with Gasteiger partial charge in [-0.15, -0.1) is 0 Å². The van der Waals surface area contributed by atoms with Crippen LogP contribution in [0.5, 0.6) is 0 Å². The number of carbonyl (C=O) groups is 3. The topological polar surface area (TPSA) is 94.2 Å². The number of hydrazine groups is 1. The van der Waals surface area contributed by atoms with Gasteiger partial charge in [0.15, 0.2) is 0 Å². The minimum absolute atomic E-state index is 0.0367. The molecule has 2 aliphatic rings. The van der Waals surface area contributed by atoms with E-state index in [9.17, 15) is 14.4 Å². The molecule has 0 saturated carbocycles. The molecular weight excluding hydrogens is 554 g/mol. The van der Waals surface area contributed by atoms with E-state index in [1.807, 2.05) is 59.6 Å². The number of benzene rings is 2. The first-order valence-corrected chi connectivity index (χ1v) is 16.7. The number of nitrogens with zero attached hydrogens (tertiary/aromatic N) is 3. The average Bonchev–Trinajstić information content (AvgIpc) is 3.06. The van der Waals surface area contributed by atoms with Crippen LogP contribution in [0.3, 0.4) is 0 Å². The van der Waals surface area contributed by atoms with Gasteiger partial charge in [0.05, 0.1) is 5.69 Å². The summed E-state index contributed by atoms with van der Waals surface area (Å²) in [4.78, 5) is 41.0. The largest absolute Gasteiger partial charge is 0.446 e. The number of rotatable bonds is 14. The molecule has 4 rings (SSSR count). The zero-order valence-corrected chi connectivity index (χ0v) is 26.6. The van der Waals surface area contributed by atoms with Crippen molar-refractivity contribution in [1.29, 1.82) is 0 Å². The summed E-state index contributed by atoms with van der Waals surface area (Å²) in [6, 6.07) is 17.7. The number of ether oxygens (including phenoxy) is 1. The number of amides is 3. The molecule has 2 fully saturated rings. The Balaban J connectivity index is 1.21. The Hall–Kier alpha value is -3.43. The van der Waals surface area contributed by atoms with Crippen LogP contribution >= 0.6 is 0 Å². The summed E-state index contributed by atoms with van der Waals surface area (Å²) < 4.78 is 5.79. The molecule has 0 spiro atoms. The van der Waals surface area contributed by atoms with E-state index < -0.39 is 6.09 Å². The van der Waals surface area contributed by atoms with E-state index >= 15 is 0 Å². The molecule has 0 aromatic heterocycles. The van der Waals surface area contributed by atoms with E-state index in [2.05, 4.69) is 34.4 Å². The minimum atomic E-state index is -0.434. The number of carbonyl (C=O) groups excluding carboxylic acids is 3. The molecule has 0 atom stereocenters. The molecule has 3 amide bonds. The third-order valence-corrected chi connectivity index (χ3v) is 8.69.